The van der Waals surface area contributed by atoms with Gasteiger partial charge in [0.1, 0.15) is 11.6 Å². The summed E-state index contributed by atoms with van der Waals surface area (Å²) in [5, 5.41) is 17.6. The molecule has 2 heterocycles. The zero-order valence-corrected chi connectivity index (χ0v) is 23.6. The van der Waals surface area contributed by atoms with Crippen LogP contribution >= 0.6 is 27.7 Å². The molecule has 204 valence electrons. The van der Waals surface area contributed by atoms with Gasteiger partial charge < -0.3 is 9.88 Å². The molecular weight excluding hydrogens is 602 g/mol. The molecule has 0 saturated heterocycles. The lowest BCUT2D eigenvalue weighted by molar-refractivity contribution is -0.130. The number of thioether (sulfide) groups is 1. The number of benzene rings is 3. The third-order valence-electron chi connectivity index (χ3n) is 6.34. The first kappa shape index (κ1) is 27.7. The van der Waals surface area contributed by atoms with Crippen LogP contribution in [0.3, 0.4) is 0 Å². The minimum absolute atomic E-state index is 0.0381. The van der Waals surface area contributed by atoms with Gasteiger partial charge in [-0.25, -0.2) is 13.8 Å². The van der Waals surface area contributed by atoms with Crippen molar-refractivity contribution in [1.29, 1.82) is 0 Å². The van der Waals surface area contributed by atoms with E-state index >= 15 is 0 Å². The zero-order valence-electron chi connectivity index (χ0n) is 21.2. The first-order chi connectivity index (χ1) is 19.3. The average Bonchev–Trinajstić information content (AvgIpc) is 3.55. The number of aromatic nitrogens is 3. The van der Waals surface area contributed by atoms with Crippen molar-refractivity contribution in [2.75, 3.05) is 5.75 Å². The number of carbonyl (C=O) groups is 2. The van der Waals surface area contributed by atoms with Crippen LogP contribution in [0.15, 0.2) is 87.5 Å². The maximum absolute atomic E-state index is 13.6. The summed E-state index contributed by atoms with van der Waals surface area (Å²) < 4.78 is 29.6. The first-order valence-corrected chi connectivity index (χ1v) is 14.0. The van der Waals surface area contributed by atoms with Crippen molar-refractivity contribution in [1.82, 2.24) is 25.1 Å². The van der Waals surface area contributed by atoms with Crippen molar-refractivity contribution in [3.05, 3.63) is 111 Å². The Balaban J connectivity index is 1.27. The van der Waals surface area contributed by atoms with E-state index in [9.17, 15) is 18.4 Å². The van der Waals surface area contributed by atoms with Crippen LogP contribution in [0.2, 0.25) is 0 Å². The quantitative estimate of drug-likeness (QED) is 0.270. The van der Waals surface area contributed by atoms with Crippen LogP contribution in [-0.4, -0.2) is 43.1 Å². The SMILES string of the molecule is Cn1c(CNC(=O)c2cccc(F)c2)nnc1SCC(=O)N1N=C(c2ccc(Br)cc2)CC1c1ccc(F)cc1. The fraction of sp³-hybridized carbons (Fsp3) is 0.179. The molecule has 1 aliphatic heterocycles. The number of hydrogen-bond acceptors (Lipinski definition) is 6. The number of halogens is 3. The molecule has 0 saturated carbocycles. The van der Waals surface area contributed by atoms with Crippen LogP contribution in [0.5, 0.6) is 0 Å². The Hall–Kier alpha value is -3.90. The number of nitrogens with zero attached hydrogens (tertiary/aromatic N) is 5. The molecule has 0 bridgehead atoms. The summed E-state index contributed by atoms with van der Waals surface area (Å²) in [6, 6.07) is 18.8. The van der Waals surface area contributed by atoms with Gasteiger partial charge in [0.25, 0.3) is 11.8 Å². The van der Waals surface area contributed by atoms with Crippen molar-refractivity contribution in [2.24, 2.45) is 12.1 Å². The van der Waals surface area contributed by atoms with E-state index < -0.39 is 11.7 Å². The minimum atomic E-state index is -0.498. The van der Waals surface area contributed by atoms with E-state index in [0.29, 0.717) is 17.4 Å². The monoisotopic (exact) mass is 624 g/mol. The van der Waals surface area contributed by atoms with Crippen molar-refractivity contribution in [3.8, 4) is 0 Å². The molecule has 40 heavy (non-hydrogen) atoms. The Morgan fingerprint density at radius 2 is 1.77 bits per heavy atom. The molecule has 1 N–H and O–H groups in total. The van der Waals surface area contributed by atoms with Crippen molar-refractivity contribution in [2.45, 2.75) is 24.2 Å². The van der Waals surface area contributed by atoms with Crippen LogP contribution in [0.25, 0.3) is 0 Å². The summed E-state index contributed by atoms with van der Waals surface area (Å²) in [5.74, 6) is -1.02. The Morgan fingerprint density at radius 3 is 2.50 bits per heavy atom. The average molecular weight is 625 g/mol. The highest BCUT2D eigenvalue weighted by atomic mass is 79.9. The van der Waals surface area contributed by atoms with E-state index in [1.54, 1.807) is 23.7 Å². The summed E-state index contributed by atoms with van der Waals surface area (Å²) in [4.78, 5) is 25.7. The molecule has 4 aromatic rings. The van der Waals surface area contributed by atoms with Gasteiger partial charge in [-0.3, -0.25) is 9.59 Å². The molecule has 0 fully saturated rings. The second kappa shape index (κ2) is 12.1. The van der Waals surface area contributed by atoms with Gasteiger partial charge >= 0.3 is 0 Å². The Morgan fingerprint density at radius 1 is 1.02 bits per heavy atom. The van der Waals surface area contributed by atoms with Crippen molar-refractivity contribution in [3.63, 3.8) is 0 Å². The molecule has 0 aliphatic carbocycles. The smallest absolute Gasteiger partial charge is 0.253 e. The topological polar surface area (TPSA) is 92.5 Å². The maximum atomic E-state index is 13.6. The van der Waals surface area contributed by atoms with Crippen molar-refractivity contribution < 1.29 is 18.4 Å². The number of carbonyl (C=O) groups excluding carboxylic acids is 2. The number of amides is 2. The predicted octanol–water partition coefficient (Wildman–Crippen LogP) is 5.26. The number of hydrazone groups is 1. The van der Waals surface area contributed by atoms with Crippen LogP contribution in [0.1, 0.15) is 39.8 Å². The van der Waals surface area contributed by atoms with Crippen molar-refractivity contribution >= 4 is 45.2 Å². The van der Waals surface area contributed by atoms with Crippen LogP contribution < -0.4 is 5.32 Å². The van der Waals surface area contributed by atoms with E-state index in [-0.39, 0.29) is 35.6 Å². The first-order valence-electron chi connectivity index (χ1n) is 12.2. The molecule has 0 spiro atoms. The van der Waals surface area contributed by atoms with E-state index in [2.05, 4.69) is 36.5 Å². The number of nitrogens with one attached hydrogen (secondary N) is 1. The molecule has 1 aliphatic rings. The standard InChI is InChI=1S/C28H23BrF2N6O2S/c1-36-25(15-32-27(39)19-3-2-4-22(31)13-19)33-34-28(36)40-16-26(38)37-24(18-7-11-21(30)12-8-18)14-23(35-37)17-5-9-20(29)10-6-17/h2-13,24H,14-16H2,1H3,(H,32,39). The van der Waals surface area contributed by atoms with Crippen LogP contribution in [0.4, 0.5) is 8.78 Å². The minimum Gasteiger partial charge on any atom is -0.345 e. The Kier molecular flexibility index (Phi) is 8.36. The Bertz CT molecular complexity index is 1580. The summed E-state index contributed by atoms with van der Waals surface area (Å²) in [7, 11) is 1.73. The number of rotatable bonds is 8. The summed E-state index contributed by atoms with van der Waals surface area (Å²) in [6.45, 7) is 0.0764. The van der Waals surface area contributed by atoms with Gasteiger partial charge in [-0.2, -0.15) is 5.10 Å². The lowest BCUT2D eigenvalue weighted by atomic mass is 9.98. The van der Waals surface area contributed by atoms with E-state index in [1.165, 1.54) is 47.1 Å². The Labute approximate surface area is 241 Å². The molecule has 3 aromatic carbocycles. The molecule has 0 radical (unpaired) electrons. The zero-order chi connectivity index (χ0) is 28.2. The largest absolute Gasteiger partial charge is 0.345 e. The molecule has 2 amide bonds. The second-order valence-electron chi connectivity index (χ2n) is 9.00. The molecule has 1 unspecified atom stereocenters. The molecular formula is C28H23BrF2N6O2S. The van der Waals surface area contributed by atoms with E-state index in [0.717, 1.165) is 27.4 Å². The van der Waals surface area contributed by atoms with E-state index in [4.69, 9.17) is 0 Å². The third kappa shape index (κ3) is 6.28. The van der Waals surface area contributed by atoms with Gasteiger partial charge in [-0.15, -0.1) is 10.2 Å². The summed E-state index contributed by atoms with van der Waals surface area (Å²) in [5.41, 5.74) is 2.64. The van der Waals surface area contributed by atoms with E-state index in [1.807, 2.05) is 24.3 Å². The highest BCUT2D eigenvalue weighted by molar-refractivity contribution is 9.10. The van der Waals surface area contributed by atoms with Gasteiger partial charge in [0.15, 0.2) is 11.0 Å². The highest BCUT2D eigenvalue weighted by Gasteiger charge is 2.33. The molecule has 1 aromatic heterocycles. The fourth-order valence-corrected chi connectivity index (χ4v) is 5.26. The number of hydrogen-bond donors (Lipinski definition) is 1. The van der Waals surface area contributed by atoms with Gasteiger partial charge in [0.05, 0.1) is 24.1 Å². The normalized spacial score (nSPS) is 14.8. The fourth-order valence-electron chi connectivity index (χ4n) is 4.21. The van der Waals surface area contributed by atoms with Gasteiger partial charge in [-0.1, -0.05) is 58.0 Å². The molecule has 12 heteroatoms. The van der Waals surface area contributed by atoms with Gasteiger partial charge in [-0.05, 0) is 53.6 Å². The van der Waals surface area contributed by atoms with Crippen LogP contribution in [-0.2, 0) is 18.4 Å². The van der Waals surface area contributed by atoms with Gasteiger partial charge in [0, 0.05) is 23.5 Å². The summed E-state index contributed by atoms with van der Waals surface area (Å²) >= 11 is 4.63. The molecule has 8 nitrogen and oxygen atoms in total. The van der Waals surface area contributed by atoms with Gasteiger partial charge in [0.2, 0.25) is 0 Å². The lowest BCUT2D eigenvalue weighted by Gasteiger charge is -2.22. The second-order valence-corrected chi connectivity index (χ2v) is 10.9. The lowest BCUT2D eigenvalue weighted by Crippen LogP contribution is -2.28. The molecule has 5 rings (SSSR count). The third-order valence-corrected chi connectivity index (χ3v) is 7.88. The molecule has 1 atom stereocenters. The predicted molar refractivity (Wildman–Crippen MR) is 151 cm³/mol. The van der Waals surface area contributed by atoms with Crippen LogP contribution in [0, 0.1) is 11.6 Å². The highest BCUT2D eigenvalue weighted by Crippen LogP contribution is 2.34. The maximum Gasteiger partial charge on any atom is 0.253 e. The summed E-state index contributed by atoms with van der Waals surface area (Å²) in [6.07, 6.45) is 0.489.